The van der Waals surface area contributed by atoms with Crippen LogP contribution in [0.4, 0.5) is 0 Å². The molecule has 3 rings (SSSR count). The third-order valence-electron chi connectivity index (χ3n) is 4.99. The predicted molar refractivity (Wildman–Crippen MR) is 82.2 cm³/mol. The van der Waals surface area contributed by atoms with Crippen LogP contribution in [0.15, 0.2) is 24.3 Å². The minimum atomic E-state index is 0.0209. The molecule has 0 aromatic heterocycles. The molecule has 0 saturated carbocycles. The lowest BCUT2D eigenvalue weighted by atomic mass is 9.78. The predicted octanol–water partition coefficient (Wildman–Crippen LogP) is 2.97. The lowest BCUT2D eigenvalue weighted by Gasteiger charge is -2.48. The minimum Gasteiger partial charge on any atom is -0.487 e. The fourth-order valence-corrected chi connectivity index (χ4v) is 3.72. The van der Waals surface area contributed by atoms with E-state index in [2.05, 4.69) is 55.4 Å². The fourth-order valence-electron chi connectivity index (χ4n) is 3.72. The smallest absolute Gasteiger partial charge is 0.124 e. The van der Waals surface area contributed by atoms with Crippen LogP contribution in [0.3, 0.4) is 0 Å². The Morgan fingerprint density at radius 3 is 2.90 bits per heavy atom. The summed E-state index contributed by atoms with van der Waals surface area (Å²) in [6.45, 7) is 6.63. The molecule has 1 fully saturated rings. The van der Waals surface area contributed by atoms with Gasteiger partial charge in [0.25, 0.3) is 0 Å². The van der Waals surface area contributed by atoms with Crippen molar-refractivity contribution in [3.8, 4) is 5.75 Å². The normalized spacial score (nSPS) is 33.8. The standard InChI is InChI=1S/C17H26N2O/c1-4-18-15-12-17(9-10-19(3)13(2)11-17)20-16-8-6-5-7-14(15)16/h5-8,13,15,18H,4,9-12H2,1-3H3. The summed E-state index contributed by atoms with van der Waals surface area (Å²) in [6, 6.07) is 9.55. The molecule has 3 atom stereocenters. The van der Waals surface area contributed by atoms with Gasteiger partial charge in [-0.3, -0.25) is 0 Å². The van der Waals surface area contributed by atoms with Gasteiger partial charge in [0.05, 0.1) is 0 Å². The van der Waals surface area contributed by atoms with Crippen LogP contribution in [-0.2, 0) is 0 Å². The molecule has 20 heavy (non-hydrogen) atoms. The van der Waals surface area contributed by atoms with Gasteiger partial charge in [-0.25, -0.2) is 0 Å². The highest BCUT2D eigenvalue weighted by molar-refractivity contribution is 5.39. The number of rotatable bonds is 2. The van der Waals surface area contributed by atoms with Crippen LogP contribution in [0.25, 0.3) is 0 Å². The summed E-state index contributed by atoms with van der Waals surface area (Å²) >= 11 is 0. The topological polar surface area (TPSA) is 24.5 Å². The van der Waals surface area contributed by atoms with E-state index in [1.54, 1.807) is 0 Å². The first kappa shape index (κ1) is 13.9. The van der Waals surface area contributed by atoms with E-state index in [1.807, 2.05) is 0 Å². The van der Waals surface area contributed by atoms with Crippen LogP contribution in [0.2, 0.25) is 0 Å². The Morgan fingerprint density at radius 1 is 1.35 bits per heavy atom. The summed E-state index contributed by atoms with van der Waals surface area (Å²) in [7, 11) is 2.22. The second kappa shape index (κ2) is 5.38. The molecule has 1 saturated heterocycles. The van der Waals surface area contributed by atoms with E-state index >= 15 is 0 Å². The molecule has 110 valence electrons. The Kier molecular flexibility index (Phi) is 3.74. The average molecular weight is 274 g/mol. The van der Waals surface area contributed by atoms with E-state index in [-0.39, 0.29) is 5.60 Å². The third-order valence-corrected chi connectivity index (χ3v) is 4.99. The van der Waals surface area contributed by atoms with Crippen molar-refractivity contribution >= 4 is 0 Å². The van der Waals surface area contributed by atoms with Gasteiger partial charge < -0.3 is 15.0 Å². The maximum absolute atomic E-state index is 6.49. The van der Waals surface area contributed by atoms with Gasteiger partial charge in [-0.2, -0.15) is 0 Å². The molecule has 0 radical (unpaired) electrons. The number of benzene rings is 1. The maximum atomic E-state index is 6.49. The molecule has 2 aliphatic heterocycles. The van der Waals surface area contributed by atoms with Gasteiger partial charge in [0.15, 0.2) is 0 Å². The zero-order valence-corrected chi connectivity index (χ0v) is 12.9. The van der Waals surface area contributed by atoms with E-state index in [1.165, 1.54) is 5.56 Å². The highest BCUT2D eigenvalue weighted by Crippen LogP contribution is 2.45. The van der Waals surface area contributed by atoms with Crippen molar-refractivity contribution in [3.63, 3.8) is 0 Å². The van der Waals surface area contributed by atoms with E-state index in [0.717, 1.165) is 38.1 Å². The van der Waals surface area contributed by atoms with Crippen molar-refractivity contribution in [2.45, 2.75) is 50.8 Å². The molecule has 3 heteroatoms. The SMILES string of the molecule is CCNC1CC2(CCN(C)C(C)C2)Oc2ccccc21. The number of hydrogen-bond donors (Lipinski definition) is 1. The average Bonchev–Trinajstić information content (AvgIpc) is 2.44. The largest absolute Gasteiger partial charge is 0.487 e. The summed E-state index contributed by atoms with van der Waals surface area (Å²) in [5, 5.41) is 3.64. The van der Waals surface area contributed by atoms with Crippen molar-refractivity contribution in [2.75, 3.05) is 20.1 Å². The number of likely N-dealkylation sites (tertiary alicyclic amines) is 1. The van der Waals surface area contributed by atoms with Crippen LogP contribution >= 0.6 is 0 Å². The molecular weight excluding hydrogens is 248 g/mol. The molecule has 1 aromatic carbocycles. The number of nitrogens with zero attached hydrogens (tertiary/aromatic N) is 1. The number of ether oxygens (including phenoxy) is 1. The lowest BCUT2D eigenvalue weighted by Crippen LogP contribution is -2.54. The summed E-state index contributed by atoms with van der Waals surface area (Å²) in [5.41, 5.74) is 1.35. The quantitative estimate of drug-likeness (QED) is 0.897. The van der Waals surface area contributed by atoms with Gasteiger partial charge in [0.1, 0.15) is 11.4 Å². The number of piperidine rings is 1. The second-order valence-electron chi connectivity index (χ2n) is 6.42. The molecule has 1 N–H and O–H groups in total. The van der Waals surface area contributed by atoms with Crippen molar-refractivity contribution in [1.29, 1.82) is 0 Å². The Bertz CT molecular complexity index is 476. The van der Waals surface area contributed by atoms with Gasteiger partial charge in [0.2, 0.25) is 0 Å². The first-order chi connectivity index (χ1) is 9.63. The molecular formula is C17H26N2O. The van der Waals surface area contributed by atoms with Crippen LogP contribution < -0.4 is 10.1 Å². The summed E-state index contributed by atoms with van der Waals surface area (Å²) in [4.78, 5) is 2.44. The molecule has 2 aliphatic rings. The van der Waals surface area contributed by atoms with E-state index in [4.69, 9.17) is 4.74 Å². The number of para-hydroxylation sites is 1. The molecule has 1 aromatic rings. The fraction of sp³-hybridized carbons (Fsp3) is 0.647. The van der Waals surface area contributed by atoms with Crippen molar-refractivity contribution in [2.24, 2.45) is 0 Å². The Hall–Kier alpha value is -1.06. The lowest BCUT2D eigenvalue weighted by molar-refractivity contribution is -0.0389. The van der Waals surface area contributed by atoms with Gasteiger partial charge in [-0.15, -0.1) is 0 Å². The highest BCUT2D eigenvalue weighted by Gasteiger charge is 2.44. The summed E-state index contributed by atoms with van der Waals surface area (Å²) in [6.07, 6.45) is 3.35. The van der Waals surface area contributed by atoms with Gasteiger partial charge >= 0.3 is 0 Å². The molecule has 0 bridgehead atoms. The molecule has 2 heterocycles. The van der Waals surface area contributed by atoms with Gasteiger partial charge in [0, 0.05) is 37.0 Å². The van der Waals surface area contributed by atoms with Crippen LogP contribution in [-0.4, -0.2) is 36.7 Å². The molecule has 0 amide bonds. The maximum Gasteiger partial charge on any atom is 0.124 e. The highest BCUT2D eigenvalue weighted by atomic mass is 16.5. The van der Waals surface area contributed by atoms with E-state index in [9.17, 15) is 0 Å². The van der Waals surface area contributed by atoms with Crippen molar-refractivity contribution < 1.29 is 4.74 Å². The summed E-state index contributed by atoms with van der Waals surface area (Å²) in [5.74, 6) is 1.08. The van der Waals surface area contributed by atoms with Gasteiger partial charge in [-0.05, 0) is 33.0 Å². The number of nitrogens with one attached hydrogen (secondary N) is 1. The van der Waals surface area contributed by atoms with Crippen LogP contribution in [0, 0.1) is 0 Å². The first-order valence-electron chi connectivity index (χ1n) is 7.85. The number of fused-ring (bicyclic) bond motifs is 1. The van der Waals surface area contributed by atoms with Crippen molar-refractivity contribution in [1.82, 2.24) is 10.2 Å². The Morgan fingerprint density at radius 2 is 2.15 bits per heavy atom. The van der Waals surface area contributed by atoms with Crippen molar-refractivity contribution in [3.05, 3.63) is 29.8 Å². The molecule has 1 spiro atoms. The number of hydrogen-bond acceptors (Lipinski definition) is 3. The summed E-state index contributed by atoms with van der Waals surface area (Å²) < 4.78 is 6.49. The Labute approximate surface area is 122 Å². The first-order valence-corrected chi connectivity index (χ1v) is 7.85. The van der Waals surface area contributed by atoms with E-state index in [0.29, 0.717) is 12.1 Å². The van der Waals surface area contributed by atoms with E-state index < -0.39 is 0 Å². The minimum absolute atomic E-state index is 0.0209. The third kappa shape index (κ3) is 2.45. The monoisotopic (exact) mass is 274 g/mol. The zero-order chi connectivity index (χ0) is 14.2. The molecule has 3 unspecified atom stereocenters. The molecule has 0 aliphatic carbocycles. The van der Waals surface area contributed by atoms with Crippen LogP contribution in [0.5, 0.6) is 5.75 Å². The molecule has 3 nitrogen and oxygen atoms in total. The zero-order valence-electron chi connectivity index (χ0n) is 12.9. The second-order valence-corrected chi connectivity index (χ2v) is 6.42. The van der Waals surface area contributed by atoms with Crippen LogP contribution in [0.1, 0.15) is 44.7 Å². The van der Waals surface area contributed by atoms with Gasteiger partial charge in [-0.1, -0.05) is 25.1 Å². The Balaban J connectivity index is 1.89.